The Morgan fingerprint density at radius 1 is 1.20 bits per heavy atom. The molecule has 1 saturated carbocycles. The molecule has 0 aromatic carbocycles. The average molecular weight is 279 g/mol. The molecule has 1 aliphatic rings. The molecule has 3 nitrogen and oxygen atoms in total. The van der Waals surface area contributed by atoms with Gasteiger partial charge in [0, 0.05) is 0 Å². The molecule has 114 valence electrons. The van der Waals surface area contributed by atoms with Crippen LogP contribution < -0.4 is 5.32 Å². The first kappa shape index (κ1) is 15.6. The maximum absolute atomic E-state index is 6.10. The summed E-state index contributed by atoms with van der Waals surface area (Å²) in [6, 6.07) is 4.10. The zero-order valence-corrected chi connectivity index (χ0v) is 13.0. The number of ether oxygens (including phenoxy) is 1. The lowest BCUT2D eigenvalue weighted by Gasteiger charge is -2.30. The fraction of sp³-hybridized carbons (Fsp3) is 0.765. The van der Waals surface area contributed by atoms with Gasteiger partial charge >= 0.3 is 0 Å². The van der Waals surface area contributed by atoms with Crippen LogP contribution in [0, 0.1) is 5.92 Å². The normalized spacial score (nSPS) is 23.1. The number of rotatable bonds is 8. The van der Waals surface area contributed by atoms with Gasteiger partial charge < -0.3 is 14.5 Å². The minimum Gasteiger partial charge on any atom is -0.462 e. The van der Waals surface area contributed by atoms with E-state index >= 15 is 0 Å². The fourth-order valence-electron chi connectivity index (χ4n) is 3.03. The molecule has 0 radical (unpaired) electrons. The molecule has 2 atom stereocenters. The van der Waals surface area contributed by atoms with Crippen LogP contribution in [0.1, 0.15) is 63.9 Å². The summed E-state index contributed by atoms with van der Waals surface area (Å²) in [7, 11) is 0. The van der Waals surface area contributed by atoms with Gasteiger partial charge in [-0.25, -0.2) is 0 Å². The number of furan rings is 1. The standard InChI is InChI=1S/C17H29NO2/c1-3-11-18-12-15-9-10-16(20-15)13-19-17-8-6-5-7-14(17)4-2/h9-10,14,17-18H,3-8,11-13H2,1-2H3. The minimum absolute atomic E-state index is 0.431. The molecule has 1 heterocycles. The number of nitrogens with one attached hydrogen (secondary N) is 1. The Bertz CT molecular complexity index is 375. The zero-order chi connectivity index (χ0) is 14.2. The summed E-state index contributed by atoms with van der Waals surface area (Å²) in [4.78, 5) is 0. The molecule has 0 saturated heterocycles. The van der Waals surface area contributed by atoms with Gasteiger partial charge in [-0.1, -0.05) is 33.1 Å². The second kappa shape index (κ2) is 8.48. The van der Waals surface area contributed by atoms with Crippen LogP contribution in [0.2, 0.25) is 0 Å². The fourth-order valence-corrected chi connectivity index (χ4v) is 3.03. The maximum atomic E-state index is 6.10. The SMILES string of the molecule is CCCNCc1ccc(COC2CCCCC2CC)o1. The third-order valence-corrected chi connectivity index (χ3v) is 4.25. The second-order valence-corrected chi connectivity index (χ2v) is 5.85. The topological polar surface area (TPSA) is 34.4 Å². The van der Waals surface area contributed by atoms with Crippen LogP contribution in [-0.4, -0.2) is 12.6 Å². The van der Waals surface area contributed by atoms with E-state index in [0.717, 1.165) is 36.9 Å². The van der Waals surface area contributed by atoms with Gasteiger partial charge in [-0.05, 0) is 43.9 Å². The highest BCUT2D eigenvalue weighted by Crippen LogP contribution is 2.29. The van der Waals surface area contributed by atoms with Crippen LogP contribution in [0.4, 0.5) is 0 Å². The molecule has 0 bridgehead atoms. The first-order valence-corrected chi connectivity index (χ1v) is 8.23. The second-order valence-electron chi connectivity index (χ2n) is 5.85. The van der Waals surface area contributed by atoms with Crippen molar-refractivity contribution in [2.24, 2.45) is 5.92 Å². The van der Waals surface area contributed by atoms with E-state index in [0.29, 0.717) is 12.7 Å². The van der Waals surface area contributed by atoms with Crippen molar-refractivity contribution in [3.63, 3.8) is 0 Å². The van der Waals surface area contributed by atoms with Crippen LogP contribution >= 0.6 is 0 Å². The van der Waals surface area contributed by atoms with Crippen molar-refractivity contribution in [2.75, 3.05) is 6.54 Å². The highest BCUT2D eigenvalue weighted by Gasteiger charge is 2.24. The zero-order valence-electron chi connectivity index (χ0n) is 13.0. The average Bonchev–Trinajstić information content (AvgIpc) is 2.93. The predicted octanol–water partition coefficient (Wildman–Crippen LogP) is 4.26. The van der Waals surface area contributed by atoms with Crippen molar-refractivity contribution in [1.82, 2.24) is 5.32 Å². The highest BCUT2D eigenvalue weighted by atomic mass is 16.5. The van der Waals surface area contributed by atoms with Gasteiger partial charge in [0.1, 0.15) is 18.1 Å². The molecule has 1 N–H and O–H groups in total. The highest BCUT2D eigenvalue weighted by molar-refractivity contribution is 5.06. The van der Waals surface area contributed by atoms with Crippen LogP contribution in [-0.2, 0) is 17.9 Å². The largest absolute Gasteiger partial charge is 0.462 e. The van der Waals surface area contributed by atoms with Crippen molar-refractivity contribution in [1.29, 1.82) is 0 Å². The van der Waals surface area contributed by atoms with Gasteiger partial charge in [-0.3, -0.25) is 0 Å². The molecule has 20 heavy (non-hydrogen) atoms. The summed E-state index contributed by atoms with van der Waals surface area (Å²) in [6.45, 7) is 6.91. The lowest BCUT2D eigenvalue weighted by Crippen LogP contribution is -2.27. The molecule has 0 spiro atoms. The summed E-state index contributed by atoms with van der Waals surface area (Å²) in [5.41, 5.74) is 0. The van der Waals surface area contributed by atoms with Gasteiger partial charge in [-0.15, -0.1) is 0 Å². The summed E-state index contributed by atoms with van der Waals surface area (Å²) in [6.07, 6.45) is 8.03. The smallest absolute Gasteiger partial charge is 0.129 e. The van der Waals surface area contributed by atoms with Gasteiger partial charge in [0.2, 0.25) is 0 Å². The molecule has 1 fully saturated rings. The predicted molar refractivity (Wildman–Crippen MR) is 81.5 cm³/mol. The first-order valence-electron chi connectivity index (χ1n) is 8.23. The first-order chi connectivity index (χ1) is 9.83. The number of hydrogen-bond donors (Lipinski definition) is 1. The van der Waals surface area contributed by atoms with Crippen molar-refractivity contribution in [3.8, 4) is 0 Å². The van der Waals surface area contributed by atoms with E-state index in [2.05, 4.69) is 25.2 Å². The Balaban J connectivity index is 1.75. The Morgan fingerprint density at radius 3 is 2.80 bits per heavy atom. The van der Waals surface area contributed by atoms with Crippen molar-refractivity contribution in [2.45, 2.75) is 71.6 Å². The molecule has 1 aliphatic carbocycles. The Kier molecular flexibility index (Phi) is 6.61. The van der Waals surface area contributed by atoms with E-state index < -0.39 is 0 Å². The van der Waals surface area contributed by atoms with E-state index in [9.17, 15) is 0 Å². The Labute approximate surface area is 123 Å². The van der Waals surface area contributed by atoms with Crippen molar-refractivity contribution < 1.29 is 9.15 Å². The molecule has 3 heteroatoms. The van der Waals surface area contributed by atoms with Crippen LogP contribution in [0.5, 0.6) is 0 Å². The van der Waals surface area contributed by atoms with Gasteiger partial charge in [0.15, 0.2) is 0 Å². The van der Waals surface area contributed by atoms with E-state index in [4.69, 9.17) is 9.15 Å². The van der Waals surface area contributed by atoms with Crippen LogP contribution in [0.15, 0.2) is 16.5 Å². The van der Waals surface area contributed by atoms with E-state index in [1.807, 2.05) is 6.07 Å². The molecule has 0 aliphatic heterocycles. The van der Waals surface area contributed by atoms with Gasteiger partial charge in [0.05, 0.1) is 12.6 Å². The number of hydrogen-bond acceptors (Lipinski definition) is 3. The van der Waals surface area contributed by atoms with Crippen LogP contribution in [0.3, 0.4) is 0 Å². The van der Waals surface area contributed by atoms with Gasteiger partial charge in [-0.2, -0.15) is 0 Å². The minimum atomic E-state index is 0.431. The summed E-state index contributed by atoms with van der Waals surface area (Å²) >= 11 is 0. The molecule has 1 aromatic rings. The molecule has 2 rings (SSSR count). The molecular formula is C17H29NO2. The quantitative estimate of drug-likeness (QED) is 0.722. The van der Waals surface area contributed by atoms with E-state index in [1.165, 1.54) is 32.1 Å². The van der Waals surface area contributed by atoms with E-state index in [-0.39, 0.29) is 0 Å². The maximum Gasteiger partial charge on any atom is 0.129 e. The molecule has 2 unspecified atom stereocenters. The monoisotopic (exact) mass is 279 g/mol. The van der Waals surface area contributed by atoms with Crippen molar-refractivity contribution >= 4 is 0 Å². The van der Waals surface area contributed by atoms with Crippen LogP contribution in [0.25, 0.3) is 0 Å². The third-order valence-electron chi connectivity index (χ3n) is 4.25. The lowest BCUT2D eigenvalue weighted by atomic mass is 9.85. The summed E-state index contributed by atoms with van der Waals surface area (Å²) < 4.78 is 11.9. The van der Waals surface area contributed by atoms with E-state index in [1.54, 1.807) is 0 Å². The third kappa shape index (κ3) is 4.64. The Morgan fingerprint density at radius 2 is 2.00 bits per heavy atom. The van der Waals surface area contributed by atoms with Gasteiger partial charge in [0.25, 0.3) is 0 Å². The Hall–Kier alpha value is -0.800. The molecule has 0 amide bonds. The lowest BCUT2D eigenvalue weighted by molar-refractivity contribution is -0.0286. The molecular weight excluding hydrogens is 250 g/mol. The van der Waals surface area contributed by atoms with Crippen molar-refractivity contribution in [3.05, 3.63) is 23.7 Å². The summed E-state index contributed by atoms with van der Waals surface area (Å²) in [5, 5.41) is 3.35. The molecule has 1 aromatic heterocycles. The summed E-state index contributed by atoms with van der Waals surface area (Å²) in [5.74, 6) is 2.70.